The summed E-state index contributed by atoms with van der Waals surface area (Å²) in [6, 6.07) is 2.98. The molecule has 74 valence electrons. The highest BCUT2D eigenvalue weighted by molar-refractivity contribution is 14.1. The maximum absolute atomic E-state index is 13.1. The van der Waals surface area contributed by atoms with Crippen molar-refractivity contribution in [2.45, 2.75) is 0 Å². The van der Waals surface area contributed by atoms with Crippen molar-refractivity contribution >= 4 is 57.5 Å². The lowest BCUT2D eigenvalue weighted by molar-refractivity contribution is 0.622. The van der Waals surface area contributed by atoms with Crippen molar-refractivity contribution in [3.05, 3.63) is 33.0 Å². The van der Waals surface area contributed by atoms with E-state index in [0.29, 0.717) is 19.6 Å². The summed E-state index contributed by atoms with van der Waals surface area (Å²) < 4.78 is 13.6. The summed E-state index contributed by atoms with van der Waals surface area (Å²) in [7, 11) is 0. The van der Waals surface area contributed by atoms with Gasteiger partial charge in [-0.25, -0.2) is 14.4 Å². The molecule has 0 bridgehead atoms. The van der Waals surface area contributed by atoms with E-state index in [0.717, 1.165) is 0 Å². The maximum Gasteiger partial charge on any atom is 0.140 e. The molecule has 0 saturated heterocycles. The van der Waals surface area contributed by atoms with Gasteiger partial charge in [-0.2, -0.15) is 0 Å². The number of hydrogen-bond donors (Lipinski definition) is 0. The Kier molecular flexibility index (Phi) is 3.86. The van der Waals surface area contributed by atoms with Gasteiger partial charge in [0.2, 0.25) is 0 Å². The smallest absolute Gasteiger partial charge is 0.140 e. The summed E-state index contributed by atoms with van der Waals surface area (Å²) in [5.74, 6) is -0.289. The molecule has 0 spiro atoms. The van der Waals surface area contributed by atoms with E-state index in [1.165, 1.54) is 12.4 Å². The molecule has 0 unspecified atom stereocenters. The van der Waals surface area contributed by atoms with Crippen LogP contribution in [0.4, 0.5) is 4.39 Å². The Balaban J connectivity index is 0.000000980. The number of fused-ring (bicyclic) bond motifs is 1. The van der Waals surface area contributed by atoms with Gasteiger partial charge >= 0.3 is 0 Å². The highest BCUT2D eigenvalue weighted by Crippen LogP contribution is 2.23. The summed E-state index contributed by atoms with van der Waals surface area (Å²) in [5, 5.41) is 1.03. The van der Waals surface area contributed by atoms with Crippen molar-refractivity contribution in [2.24, 2.45) is 0 Å². The first kappa shape index (κ1) is 11.9. The van der Waals surface area contributed by atoms with Crippen molar-refractivity contribution in [3.63, 3.8) is 0 Å². The van der Waals surface area contributed by atoms with Gasteiger partial charge < -0.3 is 0 Å². The Morgan fingerprint density at radius 3 is 2.71 bits per heavy atom. The molecule has 1 aromatic heterocycles. The van der Waals surface area contributed by atoms with Gasteiger partial charge in [0.05, 0.1) is 5.52 Å². The number of rotatable bonds is 0. The minimum absolute atomic E-state index is 0. The molecule has 6 heteroatoms. The Labute approximate surface area is 104 Å². The monoisotopic (exact) mass is 344 g/mol. The van der Waals surface area contributed by atoms with E-state index in [-0.39, 0.29) is 18.2 Å². The first-order valence-corrected chi connectivity index (χ1v) is 4.89. The number of hydrogen-bond acceptors (Lipinski definition) is 2. The minimum atomic E-state index is -0.289. The van der Waals surface area contributed by atoms with Crippen LogP contribution in [0.15, 0.2) is 18.5 Å². The standard InChI is InChI=1S/C8H3ClFIN2.ClH/c9-8-4-1-6(11)5(10)2-7(4)12-3-13-8;/h1-3H;1H. The minimum Gasteiger partial charge on any atom is -0.236 e. The second-order valence-electron chi connectivity index (χ2n) is 2.45. The molecule has 1 aromatic carbocycles. The molecule has 14 heavy (non-hydrogen) atoms. The summed E-state index contributed by atoms with van der Waals surface area (Å²) in [5.41, 5.74) is 0.526. The number of halogens is 4. The van der Waals surface area contributed by atoms with E-state index >= 15 is 0 Å². The quantitative estimate of drug-likeness (QED) is 0.540. The largest absolute Gasteiger partial charge is 0.236 e. The lowest BCUT2D eigenvalue weighted by Gasteiger charge is -1.99. The molecule has 0 aliphatic carbocycles. The number of benzene rings is 1. The molecule has 0 amide bonds. The van der Waals surface area contributed by atoms with E-state index in [1.54, 1.807) is 6.07 Å². The molecule has 1 heterocycles. The van der Waals surface area contributed by atoms with Gasteiger partial charge in [0.1, 0.15) is 17.3 Å². The van der Waals surface area contributed by atoms with Crippen molar-refractivity contribution in [1.82, 2.24) is 9.97 Å². The number of aromatic nitrogens is 2. The topological polar surface area (TPSA) is 25.8 Å². The van der Waals surface area contributed by atoms with E-state index in [9.17, 15) is 4.39 Å². The lowest BCUT2D eigenvalue weighted by atomic mass is 10.2. The fourth-order valence-corrected chi connectivity index (χ4v) is 1.68. The maximum atomic E-state index is 13.1. The molecule has 2 nitrogen and oxygen atoms in total. The van der Waals surface area contributed by atoms with Crippen molar-refractivity contribution in [3.8, 4) is 0 Å². The average molecular weight is 345 g/mol. The molecule has 0 saturated carbocycles. The SMILES string of the molecule is Cl.Fc1cc2ncnc(Cl)c2cc1I. The van der Waals surface area contributed by atoms with Crippen LogP contribution < -0.4 is 0 Å². The van der Waals surface area contributed by atoms with Gasteiger partial charge in [0.15, 0.2) is 0 Å². The Morgan fingerprint density at radius 1 is 1.29 bits per heavy atom. The van der Waals surface area contributed by atoms with Gasteiger partial charge in [0, 0.05) is 15.0 Å². The first-order valence-electron chi connectivity index (χ1n) is 3.44. The van der Waals surface area contributed by atoms with Crippen LogP contribution in [0, 0.1) is 9.39 Å². The van der Waals surface area contributed by atoms with Crippen LogP contribution in [0.5, 0.6) is 0 Å². The molecule has 0 aliphatic heterocycles. The highest BCUT2D eigenvalue weighted by Gasteiger charge is 2.05. The van der Waals surface area contributed by atoms with Crippen LogP contribution in [0.25, 0.3) is 10.9 Å². The van der Waals surface area contributed by atoms with Gasteiger partial charge in [-0.1, -0.05) is 11.6 Å². The van der Waals surface area contributed by atoms with Crippen molar-refractivity contribution < 1.29 is 4.39 Å². The van der Waals surface area contributed by atoms with E-state index < -0.39 is 0 Å². The van der Waals surface area contributed by atoms with Crippen molar-refractivity contribution in [2.75, 3.05) is 0 Å². The molecule has 0 N–H and O–H groups in total. The second kappa shape index (κ2) is 4.55. The third-order valence-electron chi connectivity index (χ3n) is 1.63. The third-order valence-corrected chi connectivity index (χ3v) is 2.76. The molecular formula is C8H4Cl2FIN2. The predicted octanol–water partition coefficient (Wildman–Crippen LogP) is 3.45. The second-order valence-corrected chi connectivity index (χ2v) is 3.97. The Morgan fingerprint density at radius 2 is 2.00 bits per heavy atom. The third kappa shape index (κ3) is 2.07. The molecule has 0 radical (unpaired) electrons. The van der Waals surface area contributed by atoms with E-state index in [4.69, 9.17) is 11.6 Å². The van der Waals surface area contributed by atoms with Crippen molar-refractivity contribution in [1.29, 1.82) is 0 Å². The van der Waals surface area contributed by atoms with Crippen LogP contribution in [0.1, 0.15) is 0 Å². The Bertz CT molecular complexity index is 478. The Hall–Kier alpha value is -0.200. The van der Waals surface area contributed by atoms with Crippen LogP contribution in [-0.2, 0) is 0 Å². The zero-order valence-electron chi connectivity index (χ0n) is 6.67. The van der Waals surface area contributed by atoms with Crippen LogP contribution in [-0.4, -0.2) is 9.97 Å². The normalized spacial score (nSPS) is 9.93. The zero-order chi connectivity index (χ0) is 9.42. The molecule has 0 atom stereocenters. The van der Waals surface area contributed by atoms with Gasteiger partial charge in [-0.05, 0) is 28.7 Å². The summed E-state index contributed by atoms with van der Waals surface area (Å²) in [4.78, 5) is 7.71. The molecular weight excluding hydrogens is 341 g/mol. The van der Waals surface area contributed by atoms with E-state index in [2.05, 4.69) is 9.97 Å². The summed E-state index contributed by atoms with van der Waals surface area (Å²) >= 11 is 7.70. The molecule has 0 aliphatic rings. The predicted molar refractivity (Wildman–Crippen MR) is 64.5 cm³/mol. The molecule has 2 aromatic rings. The van der Waals surface area contributed by atoms with Gasteiger partial charge in [-0.15, -0.1) is 12.4 Å². The van der Waals surface area contributed by atoms with Gasteiger partial charge in [-0.3, -0.25) is 0 Å². The van der Waals surface area contributed by atoms with Crippen LogP contribution in [0.2, 0.25) is 5.15 Å². The van der Waals surface area contributed by atoms with Crippen LogP contribution in [0.3, 0.4) is 0 Å². The number of nitrogens with zero attached hydrogens (tertiary/aromatic N) is 2. The first-order chi connectivity index (χ1) is 6.18. The lowest BCUT2D eigenvalue weighted by Crippen LogP contribution is -1.88. The summed E-state index contributed by atoms with van der Waals surface area (Å²) in [6.07, 6.45) is 1.32. The van der Waals surface area contributed by atoms with E-state index in [1.807, 2.05) is 22.6 Å². The molecule has 0 fully saturated rings. The fourth-order valence-electron chi connectivity index (χ4n) is 1.02. The zero-order valence-corrected chi connectivity index (χ0v) is 10.4. The average Bonchev–Trinajstić information content (AvgIpc) is 2.09. The molecule has 2 rings (SSSR count). The van der Waals surface area contributed by atoms with Crippen LogP contribution >= 0.6 is 46.6 Å². The van der Waals surface area contributed by atoms with Gasteiger partial charge in [0.25, 0.3) is 0 Å². The summed E-state index contributed by atoms with van der Waals surface area (Å²) in [6.45, 7) is 0. The fraction of sp³-hybridized carbons (Fsp3) is 0. The highest BCUT2D eigenvalue weighted by atomic mass is 127.